The number of carboxylic acid groups (broad SMARTS) is 1. The van der Waals surface area contributed by atoms with Crippen LogP contribution >= 0.6 is 0 Å². The second kappa shape index (κ2) is 6.03. The van der Waals surface area contributed by atoms with Gasteiger partial charge in [0.2, 0.25) is 11.8 Å². The molecule has 0 aromatic heterocycles. The molecule has 3 unspecified atom stereocenters. The van der Waals surface area contributed by atoms with Crippen molar-refractivity contribution in [2.24, 2.45) is 10.8 Å². The van der Waals surface area contributed by atoms with Crippen LogP contribution in [0.1, 0.15) is 53.9 Å². The molecule has 0 aromatic carbocycles. The highest BCUT2D eigenvalue weighted by Gasteiger charge is 2.46. The Labute approximate surface area is 125 Å². The first-order valence-corrected chi connectivity index (χ1v) is 7.33. The van der Waals surface area contributed by atoms with Gasteiger partial charge in [0, 0.05) is 11.5 Å². The summed E-state index contributed by atoms with van der Waals surface area (Å²) in [6, 6.07) is -1.08. The van der Waals surface area contributed by atoms with Crippen molar-refractivity contribution >= 4 is 17.8 Å². The van der Waals surface area contributed by atoms with Crippen molar-refractivity contribution in [1.82, 2.24) is 10.6 Å². The number of carbonyl (C=O) groups excluding carboxylic acids is 2. The summed E-state index contributed by atoms with van der Waals surface area (Å²) in [5, 5.41) is 14.8. The summed E-state index contributed by atoms with van der Waals surface area (Å²) < 4.78 is 0. The summed E-state index contributed by atoms with van der Waals surface area (Å²) >= 11 is 0. The topological polar surface area (TPSA) is 95.5 Å². The fourth-order valence-electron chi connectivity index (χ4n) is 2.43. The molecule has 0 spiro atoms. The highest BCUT2D eigenvalue weighted by atomic mass is 16.4. The van der Waals surface area contributed by atoms with E-state index in [0.717, 1.165) is 6.42 Å². The summed E-state index contributed by atoms with van der Waals surface area (Å²) in [5.74, 6) is -1.44. The molecule has 0 aromatic rings. The van der Waals surface area contributed by atoms with Crippen molar-refractivity contribution < 1.29 is 19.5 Å². The van der Waals surface area contributed by atoms with Crippen LogP contribution in [0.4, 0.5) is 0 Å². The zero-order chi connectivity index (χ0) is 16.4. The molecule has 3 N–H and O–H groups in total. The quantitative estimate of drug-likeness (QED) is 0.729. The van der Waals surface area contributed by atoms with Crippen LogP contribution in [0.25, 0.3) is 0 Å². The molecular formula is C15H26N2O4. The van der Waals surface area contributed by atoms with E-state index in [-0.39, 0.29) is 11.8 Å². The van der Waals surface area contributed by atoms with Crippen LogP contribution in [0.5, 0.6) is 0 Å². The minimum atomic E-state index is -0.927. The van der Waals surface area contributed by atoms with E-state index in [2.05, 4.69) is 10.6 Å². The fraction of sp³-hybridized carbons (Fsp3) is 0.800. The Bertz CT molecular complexity index is 441. The first kappa shape index (κ1) is 17.5. The summed E-state index contributed by atoms with van der Waals surface area (Å²) in [4.78, 5) is 35.4. The first-order chi connectivity index (χ1) is 9.48. The largest absolute Gasteiger partial charge is 0.481 e. The van der Waals surface area contributed by atoms with E-state index in [1.807, 2.05) is 0 Å². The third kappa shape index (κ3) is 3.95. The number of aliphatic carboxylic acids is 1. The predicted molar refractivity (Wildman–Crippen MR) is 78.6 cm³/mol. The molecule has 21 heavy (non-hydrogen) atoms. The highest BCUT2D eigenvalue weighted by Crippen LogP contribution is 2.38. The van der Waals surface area contributed by atoms with E-state index in [1.54, 1.807) is 34.6 Å². The van der Waals surface area contributed by atoms with Gasteiger partial charge in [0.25, 0.3) is 0 Å². The molecule has 0 radical (unpaired) electrons. The Morgan fingerprint density at radius 1 is 1.29 bits per heavy atom. The average Bonchev–Trinajstić information content (AvgIpc) is 2.71. The zero-order valence-electron chi connectivity index (χ0n) is 13.4. The monoisotopic (exact) mass is 298 g/mol. The SMILES string of the molecule is CC(NC(=O)C(C)(C)C)C(=O)NC1CCCC1(C)C(=O)O. The lowest BCUT2D eigenvalue weighted by molar-refractivity contribution is -0.149. The van der Waals surface area contributed by atoms with E-state index in [1.165, 1.54) is 0 Å². The molecule has 0 saturated heterocycles. The smallest absolute Gasteiger partial charge is 0.311 e. The lowest BCUT2D eigenvalue weighted by atomic mass is 9.85. The van der Waals surface area contributed by atoms with Crippen molar-refractivity contribution in [3.05, 3.63) is 0 Å². The van der Waals surface area contributed by atoms with Gasteiger partial charge >= 0.3 is 5.97 Å². The standard InChI is InChI=1S/C15H26N2O4/c1-9(16-12(19)14(2,3)4)11(18)17-10-7-6-8-15(10,5)13(20)21/h9-10H,6-8H2,1-5H3,(H,16,19)(H,17,18)(H,20,21). The first-order valence-electron chi connectivity index (χ1n) is 7.33. The average molecular weight is 298 g/mol. The molecule has 1 aliphatic carbocycles. The molecule has 0 heterocycles. The second-order valence-electron chi connectivity index (χ2n) is 7.12. The van der Waals surface area contributed by atoms with E-state index in [0.29, 0.717) is 12.8 Å². The number of amides is 2. The van der Waals surface area contributed by atoms with Crippen LogP contribution in [0.3, 0.4) is 0 Å². The molecular weight excluding hydrogens is 272 g/mol. The van der Waals surface area contributed by atoms with Crippen molar-refractivity contribution in [1.29, 1.82) is 0 Å². The van der Waals surface area contributed by atoms with E-state index in [9.17, 15) is 19.5 Å². The molecule has 3 atom stereocenters. The minimum absolute atomic E-state index is 0.211. The number of nitrogens with one attached hydrogen (secondary N) is 2. The number of carbonyl (C=O) groups is 3. The third-order valence-electron chi connectivity index (χ3n) is 4.19. The van der Waals surface area contributed by atoms with Crippen LogP contribution in [-0.4, -0.2) is 35.0 Å². The van der Waals surface area contributed by atoms with Gasteiger partial charge in [-0.05, 0) is 26.7 Å². The molecule has 1 aliphatic rings. The molecule has 6 nitrogen and oxygen atoms in total. The summed E-state index contributed by atoms with van der Waals surface area (Å²) in [6.07, 6.45) is 1.97. The summed E-state index contributed by atoms with van der Waals surface area (Å²) in [7, 11) is 0. The van der Waals surface area contributed by atoms with Crippen LogP contribution < -0.4 is 10.6 Å². The van der Waals surface area contributed by atoms with Gasteiger partial charge in [0.1, 0.15) is 6.04 Å². The number of hydrogen-bond acceptors (Lipinski definition) is 3. The van der Waals surface area contributed by atoms with Crippen LogP contribution in [-0.2, 0) is 14.4 Å². The van der Waals surface area contributed by atoms with Crippen LogP contribution in [0, 0.1) is 10.8 Å². The molecule has 1 saturated carbocycles. The Kier molecular flexibility index (Phi) is 5.02. The van der Waals surface area contributed by atoms with Crippen LogP contribution in [0.15, 0.2) is 0 Å². The molecule has 0 aliphatic heterocycles. The fourth-order valence-corrected chi connectivity index (χ4v) is 2.43. The Hall–Kier alpha value is -1.59. The van der Waals surface area contributed by atoms with E-state index >= 15 is 0 Å². The van der Waals surface area contributed by atoms with E-state index < -0.39 is 28.9 Å². The zero-order valence-corrected chi connectivity index (χ0v) is 13.4. The lowest BCUT2D eigenvalue weighted by Gasteiger charge is -2.29. The molecule has 120 valence electrons. The normalized spacial score (nSPS) is 27.0. The van der Waals surface area contributed by atoms with Gasteiger partial charge in [-0.3, -0.25) is 14.4 Å². The van der Waals surface area contributed by atoms with Crippen molar-refractivity contribution in [2.45, 2.75) is 66.0 Å². The van der Waals surface area contributed by atoms with E-state index in [4.69, 9.17) is 0 Å². The maximum absolute atomic E-state index is 12.2. The molecule has 0 bridgehead atoms. The number of hydrogen-bond donors (Lipinski definition) is 3. The van der Waals surface area contributed by atoms with Crippen molar-refractivity contribution in [3.63, 3.8) is 0 Å². The predicted octanol–water partition coefficient (Wildman–Crippen LogP) is 1.30. The van der Waals surface area contributed by atoms with Gasteiger partial charge in [0.05, 0.1) is 5.41 Å². The van der Waals surface area contributed by atoms with Gasteiger partial charge in [-0.15, -0.1) is 0 Å². The van der Waals surface area contributed by atoms with Crippen molar-refractivity contribution in [3.8, 4) is 0 Å². The molecule has 2 amide bonds. The Balaban J connectivity index is 2.65. The Morgan fingerprint density at radius 2 is 1.86 bits per heavy atom. The molecule has 6 heteroatoms. The number of carboxylic acids is 1. The lowest BCUT2D eigenvalue weighted by Crippen LogP contribution is -2.54. The highest BCUT2D eigenvalue weighted by molar-refractivity contribution is 5.90. The van der Waals surface area contributed by atoms with Crippen molar-refractivity contribution in [2.75, 3.05) is 0 Å². The molecule has 1 fully saturated rings. The van der Waals surface area contributed by atoms with Gasteiger partial charge in [-0.1, -0.05) is 27.2 Å². The minimum Gasteiger partial charge on any atom is -0.481 e. The van der Waals surface area contributed by atoms with Gasteiger partial charge in [-0.2, -0.15) is 0 Å². The summed E-state index contributed by atoms with van der Waals surface area (Å²) in [5.41, 5.74) is -1.50. The Morgan fingerprint density at radius 3 is 2.33 bits per heavy atom. The summed E-state index contributed by atoms with van der Waals surface area (Å²) in [6.45, 7) is 8.57. The maximum atomic E-state index is 12.2. The van der Waals surface area contributed by atoms with Gasteiger partial charge in [-0.25, -0.2) is 0 Å². The van der Waals surface area contributed by atoms with Gasteiger partial charge < -0.3 is 15.7 Å². The molecule has 1 rings (SSSR count). The van der Waals surface area contributed by atoms with Crippen LogP contribution in [0.2, 0.25) is 0 Å². The third-order valence-corrected chi connectivity index (χ3v) is 4.19. The maximum Gasteiger partial charge on any atom is 0.311 e. The van der Waals surface area contributed by atoms with Gasteiger partial charge in [0.15, 0.2) is 0 Å². The second-order valence-corrected chi connectivity index (χ2v) is 7.12. The number of rotatable bonds is 4.